The maximum absolute atomic E-state index is 10.9. The second kappa shape index (κ2) is 3.22. The van der Waals surface area contributed by atoms with E-state index in [0.29, 0.717) is 19.1 Å². The van der Waals surface area contributed by atoms with E-state index in [4.69, 9.17) is 5.14 Å². The van der Waals surface area contributed by atoms with E-state index >= 15 is 0 Å². The fraction of sp³-hybridized carbons (Fsp3) is 1.00. The number of likely N-dealkylation sites (tertiary alicyclic amines) is 1. The topological polar surface area (TPSA) is 63.4 Å². The number of nitrogens with two attached hydrogens (primary N) is 1. The van der Waals surface area contributed by atoms with Crippen LogP contribution in [0, 0.1) is 0 Å². The minimum Gasteiger partial charge on any atom is -0.298 e. The Bertz CT molecular complexity index is 277. The van der Waals surface area contributed by atoms with Gasteiger partial charge in [0.25, 0.3) is 0 Å². The molecule has 1 saturated heterocycles. The van der Waals surface area contributed by atoms with E-state index in [2.05, 4.69) is 4.90 Å². The first-order valence-electron chi connectivity index (χ1n) is 4.83. The fourth-order valence-electron chi connectivity index (χ4n) is 2.24. The Morgan fingerprint density at radius 3 is 2.15 bits per heavy atom. The summed E-state index contributed by atoms with van der Waals surface area (Å²) >= 11 is 0. The van der Waals surface area contributed by atoms with Gasteiger partial charge in [0.15, 0.2) is 0 Å². The average molecular weight is 204 g/mol. The number of rotatable bonds is 2. The van der Waals surface area contributed by atoms with Gasteiger partial charge in [-0.1, -0.05) is 12.8 Å². The quantitative estimate of drug-likeness (QED) is 0.683. The van der Waals surface area contributed by atoms with Crippen molar-refractivity contribution in [3.05, 3.63) is 0 Å². The number of sulfonamides is 1. The van der Waals surface area contributed by atoms with Crippen molar-refractivity contribution in [3.8, 4) is 0 Å². The SMILES string of the molecule is NS(=O)(=O)C1CN(C2CCCC2)C1. The van der Waals surface area contributed by atoms with E-state index in [1.54, 1.807) is 0 Å². The van der Waals surface area contributed by atoms with E-state index in [-0.39, 0.29) is 5.25 Å². The molecule has 1 aliphatic heterocycles. The molecule has 2 rings (SSSR count). The second-order valence-electron chi connectivity index (χ2n) is 4.10. The fourth-order valence-corrected chi connectivity index (χ4v) is 3.04. The van der Waals surface area contributed by atoms with Crippen LogP contribution in [0.1, 0.15) is 25.7 Å². The molecule has 0 atom stereocenters. The van der Waals surface area contributed by atoms with Crippen LogP contribution in [0.15, 0.2) is 0 Å². The minimum atomic E-state index is -3.27. The van der Waals surface area contributed by atoms with Crippen LogP contribution in [0.25, 0.3) is 0 Å². The van der Waals surface area contributed by atoms with Crippen molar-refractivity contribution in [1.82, 2.24) is 4.90 Å². The standard InChI is InChI=1S/C8H16N2O2S/c9-13(11,12)8-5-10(6-8)7-3-1-2-4-7/h7-8H,1-6H2,(H2,9,11,12). The van der Waals surface area contributed by atoms with Crippen molar-refractivity contribution in [1.29, 1.82) is 0 Å². The Balaban J connectivity index is 1.84. The van der Waals surface area contributed by atoms with Crippen LogP contribution >= 0.6 is 0 Å². The molecule has 0 aromatic rings. The second-order valence-corrected chi connectivity index (χ2v) is 5.95. The van der Waals surface area contributed by atoms with Crippen molar-refractivity contribution in [2.75, 3.05) is 13.1 Å². The van der Waals surface area contributed by atoms with Gasteiger partial charge < -0.3 is 0 Å². The van der Waals surface area contributed by atoms with Crippen molar-refractivity contribution in [2.45, 2.75) is 37.0 Å². The van der Waals surface area contributed by atoms with Gasteiger partial charge in [-0.15, -0.1) is 0 Å². The zero-order valence-corrected chi connectivity index (χ0v) is 8.46. The highest BCUT2D eigenvalue weighted by molar-refractivity contribution is 7.89. The van der Waals surface area contributed by atoms with Crippen molar-refractivity contribution >= 4 is 10.0 Å². The molecule has 2 fully saturated rings. The summed E-state index contributed by atoms with van der Waals surface area (Å²) in [5.74, 6) is 0. The molecule has 76 valence electrons. The molecule has 13 heavy (non-hydrogen) atoms. The van der Waals surface area contributed by atoms with Crippen LogP contribution in [0.3, 0.4) is 0 Å². The Kier molecular flexibility index (Phi) is 2.33. The molecule has 0 bridgehead atoms. The Morgan fingerprint density at radius 1 is 1.15 bits per heavy atom. The molecule has 1 saturated carbocycles. The third kappa shape index (κ3) is 1.87. The van der Waals surface area contributed by atoms with Gasteiger partial charge >= 0.3 is 0 Å². The predicted octanol–water partition coefficient (Wildman–Crippen LogP) is -0.0983. The summed E-state index contributed by atoms with van der Waals surface area (Å²) < 4.78 is 21.9. The number of hydrogen-bond donors (Lipinski definition) is 1. The maximum Gasteiger partial charge on any atom is 0.214 e. The summed E-state index contributed by atoms with van der Waals surface area (Å²) in [7, 11) is -3.27. The molecule has 0 aromatic heterocycles. The zero-order valence-electron chi connectivity index (χ0n) is 7.65. The van der Waals surface area contributed by atoms with Crippen LogP contribution in [-0.2, 0) is 10.0 Å². The molecule has 0 spiro atoms. The molecule has 0 amide bonds. The lowest BCUT2D eigenvalue weighted by atomic mass is 10.1. The summed E-state index contributed by atoms with van der Waals surface area (Å²) in [5, 5.41) is 4.75. The van der Waals surface area contributed by atoms with Gasteiger partial charge in [-0.05, 0) is 12.8 Å². The molecule has 2 N–H and O–H groups in total. The molecular formula is C8H16N2O2S. The average Bonchev–Trinajstić information content (AvgIpc) is 2.31. The Labute approximate surface area is 79.1 Å². The molecule has 0 aromatic carbocycles. The zero-order chi connectivity index (χ0) is 9.47. The number of nitrogens with zero attached hydrogens (tertiary/aromatic N) is 1. The lowest BCUT2D eigenvalue weighted by molar-refractivity contribution is 0.124. The van der Waals surface area contributed by atoms with Crippen molar-refractivity contribution < 1.29 is 8.42 Å². The summed E-state index contributed by atoms with van der Waals surface area (Å²) in [6, 6.07) is 0.637. The van der Waals surface area contributed by atoms with Gasteiger partial charge in [-0.25, -0.2) is 13.6 Å². The maximum atomic E-state index is 10.9. The van der Waals surface area contributed by atoms with E-state index in [1.807, 2.05) is 0 Å². The molecule has 1 heterocycles. The smallest absolute Gasteiger partial charge is 0.214 e. The highest BCUT2D eigenvalue weighted by Crippen LogP contribution is 2.28. The Hall–Kier alpha value is -0.130. The third-order valence-electron chi connectivity index (χ3n) is 3.18. The first kappa shape index (κ1) is 9.43. The highest BCUT2D eigenvalue weighted by Gasteiger charge is 2.39. The molecule has 4 nitrogen and oxygen atoms in total. The monoisotopic (exact) mass is 204 g/mol. The van der Waals surface area contributed by atoms with Gasteiger partial charge in [0.2, 0.25) is 10.0 Å². The first-order valence-corrected chi connectivity index (χ1v) is 6.44. The predicted molar refractivity (Wildman–Crippen MR) is 50.7 cm³/mol. The van der Waals surface area contributed by atoms with E-state index in [0.717, 1.165) is 0 Å². The van der Waals surface area contributed by atoms with Crippen LogP contribution in [0.2, 0.25) is 0 Å². The lowest BCUT2D eigenvalue weighted by Crippen LogP contribution is -2.59. The van der Waals surface area contributed by atoms with Gasteiger partial charge in [-0.3, -0.25) is 4.90 Å². The molecule has 5 heteroatoms. The molecule has 0 radical (unpaired) electrons. The number of primary sulfonamides is 1. The van der Waals surface area contributed by atoms with Crippen LogP contribution < -0.4 is 5.14 Å². The van der Waals surface area contributed by atoms with Crippen LogP contribution in [0.5, 0.6) is 0 Å². The molecule has 2 aliphatic rings. The van der Waals surface area contributed by atoms with E-state index in [1.165, 1.54) is 25.7 Å². The van der Waals surface area contributed by atoms with E-state index < -0.39 is 10.0 Å². The van der Waals surface area contributed by atoms with Crippen LogP contribution in [0.4, 0.5) is 0 Å². The van der Waals surface area contributed by atoms with E-state index in [9.17, 15) is 8.42 Å². The van der Waals surface area contributed by atoms with Crippen molar-refractivity contribution in [2.24, 2.45) is 5.14 Å². The summed E-state index contributed by atoms with van der Waals surface area (Å²) in [5.41, 5.74) is 0. The summed E-state index contributed by atoms with van der Waals surface area (Å²) in [6.07, 6.45) is 5.05. The molecule has 0 unspecified atom stereocenters. The van der Waals surface area contributed by atoms with Gasteiger partial charge in [0, 0.05) is 19.1 Å². The third-order valence-corrected chi connectivity index (χ3v) is 4.41. The lowest BCUT2D eigenvalue weighted by Gasteiger charge is -2.41. The molecular weight excluding hydrogens is 188 g/mol. The first-order chi connectivity index (χ1) is 6.07. The van der Waals surface area contributed by atoms with Crippen LogP contribution in [-0.4, -0.2) is 37.7 Å². The van der Waals surface area contributed by atoms with Gasteiger partial charge in [-0.2, -0.15) is 0 Å². The van der Waals surface area contributed by atoms with Crippen molar-refractivity contribution in [3.63, 3.8) is 0 Å². The largest absolute Gasteiger partial charge is 0.298 e. The number of hydrogen-bond acceptors (Lipinski definition) is 3. The highest BCUT2D eigenvalue weighted by atomic mass is 32.2. The summed E-state index contributed by atoms with van der Waals surface area (Å²) in [4.78, 5) is 2.25. The van der Waals surface area contributed by atoms with Gasteiger partial charge in [0.1, 0.15) is 5.25 Å². The summed E-state index contributed by atoms with van der Waals surface area (Å²) in [6.45, 7) is 1.31. The minimum absolute atomic E-state index is 0.298. The normalized spacial score (nSPS) is 27.8. The Morgan fingerprint density at radius 2 is 1.69 bits per heavy atom. The van der Waals surface area contributed by atoms with Gasteiger partial charge in [0.05, 0.1) is 0 Å². The molecule has 1 aliphatic carbocycles.